The van der Waals surface area contributed by atoms with E-state index in [0.717, 1.165) is 28.3 Å². The number of nitrogen functional groups attached to an aromatic ring is 1. The molecule has 1 amide bonds. The van der Waals surface area contributed by atoms with Crippen molar-refractivity contribution in [2.24, 2.45) is 11.8 Å². The first-order chi connectivity index (χ1) is 10.0. The average Bonchev–Trinajstić information content (AvgIpc) is 3.05. The molecule has 1 aromatic carbocycles. The molecule has 3 rings (SSSR count). The molecule has 1 saturated carbocycles. The van der Waals surface area contributed by atoms with Gasteiger partial charge in [-0.2, -0.15) is 0 Å². The van der Waals surface area contributed by atoms with Crippen LogP contribution in [0.1, 0.15) is 23.0 Å². The van der Waals surface area contributed by atoms with Crippen molar-refractivity contribution in [3.05, 3.63) is 23.1 Å². The SMILES string of the molecule is COc1cccc2sc(C(=O)N(C)CC3CC3C)c(N)c12. The maximum atomic E-state index is 12.6. The maximum absolute atomic E-state index is 12.6. The van der Waals surface area contributed by atoms with E-state index in [1.165, 1.54) is 17.8 Å². The number of rotatable bonds is 4. The molecule has 0 saturated heterocycles. The zero-order valence-electron chi connectivity index (χ0n) is 12.6. The molecule has 0 aliphatic heterocycles. The first-order valence-corrected chi connectivity index (χ1v) is 7.95. The fourth-order valence-corrected chi connectivity index (χ4v) is 3.86. The fourth-order valence-electron chi connectivity index (χ4n) is 2.73. The van der Waals surface area contributed by atoms with Crippen molar-refractivity contribution < 1.29 is 9.53 Å². The molecular weight excluding hydrogens is 284 g/mol. The van der Waals surface area contributed by atoms with Crippen molar-refractivity contribution in [1.29, 1.82) is 0 Å². The third-order valence-electron chi connectivity index (χ3n) is 4.26. The molecule has 5 heteroatoms. The summed E-state index contributed by atoms with van der Waals surface area (Å²) in [5, 5.41) is 0.849. The van der Waals surface area contributed by atoms with Crippen molar-refractivity contribution in [2.45, 2.75) is 13.3 Å². The van der Waals surface area contributed by atoms with Gasteiger partial charge in [-0.05, 0) is 30.4 Å². The molecule has 2 N–H and O–H groups in total. The zero-order chi connectivity index (χ0) is 15.1. The monoisotopic (exact) mass is 304 g/mol. The Morgan fingerprint density at radius 1 is 1.52 bits per heavy atom. The highest BCUT2D eigenvalue weighted by Gasteiger charge is 2.35. The predicted octanol–water partition coefficient (Wildman–Crippen LogP) is 3.22. The van der Waals surface area contributed by atoms with Crippen molar-refractivity contribution in [3.63, 3.8) is 0 Å². The predicted molar refractivity (Wildman–Crippen MR) is 87.0 cm³/mol. The highest BCUT2D eigenvalue weighted by atomic mass is 32.1. The Kier molecular flexibility index (Phi) is 3.53. The number of methoxy groups -OCH3 is 1. The number of fused-ring (bicyclic) bond motifs is 1. The van der Waals surface area contributed by atoms with Crippen LogP contribution in [0.25, 0.3) is 10.1 Å². The molecule has 1 aliphatic carbocycles. The largest absolute Gasteiger partial charge is 0.496 e. The number of thiophene rings is 1. The Balaban J connectivity index is 1.93. The van der Waals surface area contributed by atoms with E-state index in [0.29, 0.717) is 16.5 Å². The highest BCUT2D eigenvalue weighted by Crippen LogP contribution is 2.41. The van der Waals surface area contributed by atoms with Crippen LogP contribution in [0.5, 0.6) is 5.75 Å². The molecule has 1 aliphatic rings. The first kappa shape index (κ1) is 14.2. The second-order valence-corrected chi connectivity index (χ2v) is 6.89. The second-order valence-electron chi connectivity index (χ2n) is 5.84. The van der Waals surface area contributed by atoms with Gasteiger partial charge in [-0.15, -0.1) is 11.3 Å². The lowest BCUT2D eigenvalue weighted by molar-refractivity contribution is 0.0793. The maximum Gasteiger partial charge on any atom is 0.265 e. The number of hydrogen-bond donors (Lipinski definition) is 1. The van der Waals surface area contributed by atoms with E-state index in [9.17, 15) is 4.79 Å². The number of carbonyl (C=O) groups is 1. The molecule has 4 nitrogen and oxygen atoms in total. The van der Waals surface area contributed by atoms with E-state index in [4.69, 9.17) is 10.5 Å². The molecule has 0 radical (unpaired) electrons. The molecule has 1 heterocycles. The standard InChI is InChI=1S/C16H20N2O2S/c1-9-7-10(9)8-18(2)16(19)15-14(17)13-11(20-3)5-4-6-12(13)21-15/h4-6,9-10H,7-8,17H2,1-3H3. The van der Waals surface area contributed by atoms with Gasteiger partial charge in [-0.3, -0.25) is 4.79 Å². The number of nitrogens with zero attached hydrogens (tertiary/aromatic N) is 1. The Bertz CT molecular complexity index is 695. The third kappa shape index (κ3) is 2.46. The molecule has 0 spiro atoms. The normalized spacial score (nSPS) is 20.5. The van der Waals surface area contributed by atoms with Crippen molar-refractivity contribution >= 4 is 33.0 Å². The van der Waals surface area contributed by atoms with Crippen LogP contribution in [-0.2, 0) is 0 Å². The highest BCUT2D eigenvalue weighted by molar-refractivity contribution is 7.21. The molecule has 112 valence electrons. The van der Waals surface area contributed by atoms with E-state index >= 15 is 0 Å². The number of amides is 1. The van der Waals surface area contributed by atoms with E-state index < -0.39 is 0 Å². The lowest BCUT2D eigenvalue weighted by atomic mass is 10.2. The third-order valence-corrected chi connectivity index (χ3v) is 5.42. The minimum atomic E-state index is 0.00912. The summed E-state index contributed by atoms with van der Waals surface area (Å²) in [6.45, 7) is 3.03. The smallest absolute Gasteiger partial charge is 0.265 e. The van der Waals surface area contributed by atoms with Crippen molar-refractivity contribution in [2.75, 3.05) is 26.4 Å². The lowest BCUT2D eigenvalue weighted by Crippen LogP contribution is -2.28. The van der Waals surface area contributed by atoms with Gasteiger partial charge in [-0.1, -0.05) is 13.0 Å². The molecule has 21 heavy (non-hydrogen) atoms. The number of nitrogens with two attached hydrogens (primary N) is 1. The number of hydrogen-bond acceptors (Lipinski definition) is 4. The van der Waals surface area contributed by atoms with E-state index in [2.05, 4.69) is 6.92 Å². The van der Waals surface area contributed by atoms with Crippen LogP contribution in [0, 0.1) is 11.8 Å². The summed E-state index contributed by atoms with van der Waals surface area (Å²) in [5.74, 6) is 2.11. The molecule has 1 aromatic heterocycles. The number of ether oxygens (including phenoxy) is 1. The van der Waals surface area contributed by atoms with Gasteiger partial charge in [0.1, 0.15) is 10.6 Å². The summed E-state index contributed by atoms with van der Waals surface area (Å²) in [6.07, 6.45) is 1.22. The molecule has 0 bridgehead atoms. The summed E-state index contributed by atoms with van der Waals surface area (Å²) in [6, 6.07) is 5.76. The van der Waals surface area contributed by atoms with Crippen molar-refractivity contribution in [1.82, 2.24) is 4.90 Å². The van der Waals surface area contributed by atoms with Gasteiger partial charge in [0.05, 0.1) is 18.2 Å². The Hall–Kier alpha value is -1.75. The number of benzene rings is 1. The van der Waals surface area contributed by atoms with Gasteiger partial charge in [0.2, 0.25) is 0 Å². The number of anilines is 1. The molecule has 1 fully saturated rings. The minimum absolute atomic E-state index is 0.00912. The molecule has 2 unspecified atom stereocenters. The van der Waals surface area contributed by atoms with Gasteiger partial charge in [-0.25, -0.2) is 0 Å². The van der Waals surface area contributed by atoms with Gasteiger partial charge >= 0.3 is 0 Å². The van der Waals surface area contributed by atoms with Crippen LogP contribution in [0.2, 0.25) is 0 Å². The van der Waals surface area contributed by atoms with Gasteiger partial charge in [0, 0.05) is 18.3 Å². The van der Waals surface area contributed by atoms with Gasteiger partial charge < -0.3 is 15.4 Å². The summed E-state index contributed by atoms with van der Waals surface area (Å²) < 4.78 is 6.34. The summed E-state index contributed by atoms with van der Waals surface area (Å²) in [7, 11) is 3.47. The van der Waals surface area contributed by atoms with E-state index in [1.807, 2.05) is 25.2 Å². The number of carbonyl (C=O) groups excluding carboxylic acids is 1. The van der Waals surface area contributed by atoms with Gasteiger partial charge in [0.25, 0.3) is 5.91 Å². The van der Waals surface area contributed by atoms with Crippen LogP contribution in [0.15, 0.2) is 18.2 Å². The lowest BCUT2D eigenvalue weighted by Gasteiger charge is -2.16. The van der Waals surface area contributed by atoms with Crippen molar-refractivity contribution in [3.8, 4) is 5.75 Å². The molecular formula is C16H20N2O2S. The summed E-state index contributed by atoms with van der Waals surface area (Å²) in [5.41, 5.74) is 6.75. The topological polar surface area (TPSA) is 55.6 Å². The zero-order valence-corrected chi connectivity index (χ0v) is 13.4. The summed E-state index contributed by atoms with van der Waals surface area (Å²) >= 11 is 1.44. The Labute approximate surface area is 128 Å². The first-order valence-electron chi connectivity index (χ1n) is 7.13. The molecule has 2 atom stereocenters. The van der Waals surface area contributed by atoms with Crippen LogP contribution in [-0.4, -0.2) is 31.5 Å². The second kappa shape index (κ2) is 5.22. The molecule has 2 aromatic rings. The quantitative estimate of drug-likeness (QED) is 0.943. The van der Waals surface area contributed by atoms with Crippen LogP contribution in [0.4, 0.5) is 5.69 Å². The Morgan fingerprint density at radius 3 is 2.86 bits per heavy atom. The van der Waals surface area contributed by atoms with Crippen LogP contribution >= 0.6 is 11.3 Å². The summed E-state index contributed by atoms with van der Waals surface area (Å²) in [4.78, 5) is 15.0. The average molecular weight is 304 g/mol. The Morgan fingerprint density at radius 2 is 2.24 bits per heavy atom. The van der Waals surface area contributed by atoms with Crippen LogP contribution < -0.4 is 10.5 Å². The van der Waals surface area contributed by atoms with Crippen LogP contribution in [0.3, 0.4) is 0 Å². The fraction of sp³-hybridized carbons (Fsp3) is 0.438. The minimum Gasteiger partial charge on any atom is -0.496 e. The van der Waals surface area contributed by atoms with E-state index in [-0.39, 0.29) is 5.91 Å². The van der Waals surface area contributed by atoms with Gasteiger partial charge in [0.15, 0.2) is 0 Å². The van der Waals surface area contributed by atoms with E-state index in [1.54, 1.807) is 12.0 Å².